The van der Waals surface area contributed by atoms with E-state index in [4.69, 9.17) is 9.47 Å². The summed E-state index contributed by atoms with van der Waals surface area (Å²) < 4.78 is 11.6. The molecule has 2 aromatic rings. The molecule has 0 saturated heterocycles. The fourth-order valence-electron chi connectivity index (χ4n) is 1.75. The molecular formula is C15H16BrNO2. The normalized spacial score (nSPS) is 10.1. The largest absolute Gasteiger partial charge is 0.497 e. The van der Waals surface area contributed by atoms with Crippen molar-refractivity contribution >= 4 is 21.6 Å². The van der Waals surface area contributed by atoms with Crippen LogP contribution in [-0.2, 0) is 6.54 Å². The number of halogens is 1. The van der Waals surface area contributed by atoms with Gasteiger partial charge in [0.15, 0.2) is 0 Å². The molecule has 0 unspecified atom stereocenters. The van der Waals surface area contributed by atoms with Crippen LogP contribution in [0.4, 0.5) is 5.69 Å². The van der Waals surface area contributed by atoms with Gasteiger partial charge in [0.2, 0.25) is 0 Å². The van der Waals surface area contributed by atoms with Crippen molar-refractivity contribution in [2.24, 2.45) is 0 Å². The van der Waals surface area contributed by atoms with E-state index in [-0.39, 0.29) is 0 Å². The highest BCUT2D eigenvalue weighted by molar-refractivity contribution is 9.10. The molecule has 0 bridgehead atoms. The Balaban J connectivity index is 2.13. The molecule has 0 radical (unpaired) electrons. The predicted molar refractivity (Wildman–Crippen MR) is 81.0 cm³/mol. The summed E-state index contributed by atoms with van der Waals surface area (Å²) in [6, 6.07) is 13.9. The van der Waals surface area contributed by atoms with Crippen LogP contribution in [0.3, 0.4) is 0 Å². The van der Waals surface area contributed by atoms with E-state index in [9.17, 15) is 0 Å². The van der Waals surface area contributed by atoms with E-state index in [1.54, 1.807) is 14.2 Å². The molecule has 3 nitrogen and oxygen atoms in total. The summed E-state index contributed by atoms with van der Waals surface area (Å²) in [7, 11) is 3.29. The third-order valence-corrected chi connectivity index (χ3v) is 3.57. The summed E-state index contributed by atoms with van der Waals surface area (Å²) in [5.74, 6) is 1.54. The first kappa shape index (κ1) is 13.7. The average molecular weight is 322 g/mol. The lowest BCUT2D eigenvalue weighted by atomic mass is 10.2. The van der Waals surface area contributed by atoms with Crippen LogP contribution in [0, 0.1) is 0 Å². The Hall–Kier alpha value is -1.68. The monoisotopic (exact) mass is 321 g/mol. The molecule has 0 amide bonds. The van der Waals surface area contributed by atoms with E-state index in [2.05, 4.69) is 27.3 Å². The highest BCUT2D eigenvalue weighted by Gasteiger charge is 2.03. The minimum atomic E-state index is 0.734. The molecule has 2 aromatic carbocycles. The maximum atomic E-state index is 5.24. The third kappa shape index (κ3) is 3.64. The van der Waals surface area contributed by atoms with Crippen LogP contribution >= 0.6 is 15.9 Å². The van der Waals surface area contributed by atoms with Crippen molar-refractivity contribution in [1.82, 2.24) is 0 Å². The van der Waals surface area contributed by atoms with Gasteiger partial charge in [0.05, 0.1) is 14.2 Å². The molecule has 0 spiro atoms. The van der Waals surface area contributed by atoms with Crippen molar-refractivity contribution in [2.45, 2.75) is 6.54 Å². The predicted octanol–water partition coefficient (Wildman–Crippen LogP) is 4.08. The van der Waals surface area contributed by atoms with Crippen LogP contribution in [0.5, 0.6) is 11.5 Å². The van der Waals surface area contributed by atoms with E-state index in [1.807, 2.05) is 36.4 Å². The van der Waals surface area contributed by atoms with Crippen molar-refractivity contribution in [3.8, 4) is 11.5 Å². The molecular weight excluding hydrogens is 306 g/mol. The van der Waals surface area contributed by atoms with Gasteiger partial charge in [-0.15, -0.1) is 0 Å². The number of hydrogen-bond acceptors (Lipinski definition) is 3. The number of hydrogen-bond donors (Lipinski definition) is 1. The van der Waals surface area contributed by atoms with Gasteiger partial charge >= 0.3 is 0 Å². The standard InChI is InChI=1S/C15H16BrNO2/c1-18-13-7-12(8-14(9-13)19-2)17-10-11-5-3-4-6-15(11)16/h3-9,17H,10H2,1-2H3. The van der Waals surface area contributed by atoms with Gasteiger partial charge in [-0.25, -0.2) is 0 Å². The van der Waals surface area contributed by atoms with Crippen LogP contribution in [-0.4, -0.2) is 14.2 Å². The lowest BCUT2D eigenvalue weighted by molar-refractivity contribution is 0.394. The Kier molecular flexibility index (Phi) is 4.68. The lowest BCUT2D eigenvalue weighted by Gasteiger charge is -2.11. The molecule has 1 N–H and O–H groups in total. The van der Waals surface area contributed by atoms with Gasteiger partial charge in [0, 0.05) is 34.9 Å². The summed E-state index contributed by atoms with van der Waals surface area (Å²) in [5.41, 5.74) is 2.16. The van der Waals surface area contributed by atoms with Crippen LogP contribution in [0.2, 0.25) is 0 Å². The summed E-state index contributed by atoms with van der Waals surface area (Å²) >= 11 is 3.54. The molecule has 0 aliphatic carbocycles. The Morgan fingerprint density at radius 2 is 1.63 bits per heavy atom. The number of methoxy groups -OCH3 is 2. The maximum absolute atomic E-state index is 5.24. The van der Waals surface area contributed by atoms with Crippen molar-refractivity contribution in [2.75, 3.05) is 19.5 Å². The molecule has 0 fully saturated rings. The van der Waals surface area contributed by atoms with Crippen LogP contribution in [0.25, 0.3) is 0 Å². The first-order valence-electron chi connectivity index (χ1n) is 5.93. The zero-order valence-electron chi connectivity index (χ0n) is 10.9. The van der Waals surface area contributed by atoms with E-state index < -0.39 is 0 Å². The number of benzene rings is 2. The van der Waals surface area contributed by atoms with Crippen molar-refractivity contribution in [1.29, 1.82) is 0 Å². The van der Waals surface area contributed by atoms with Gasteiger partial charge in [-0.05, 0) is 11.6 Å². The quantitative estimate of drug-likeness (QED) is 0.900. The van der Waals surface area contributed by atoms with E-state index in [1.165, 1.54) is 5.56 Å². The molecule has 0 aliphatic rings. The molecule has 0 aliphatic heterocycles. The number of rotatable bonds is 5. The van der Waals surface area contributed by atoms with E-state index in [0.717, 1.165) is 28.2 Å². The Morgan fingerprint density at radius 1 is 1.00 bits per heavy atom. The Bertz CT molecular complexity index is 535. The molecule has 0 saturated carbocycles. The van der Waals surface area contributed by atoms with Crippen LogP contribution in [0.1, 0.15) is 5.56 Å². The third-order valence-electron chi connectivity index (χ3n) is 2.79. The summed E-state index contributed by atoms with van der Waals surface area (Å²) in [5, 5.41) is 3.36. The minimum Gasteiger partial charge on any atom is -0.497 e. The zero-order valence-corrected chi connectivity index (χ0v) is 12.5. The second-order valence-electron chi connectivity index (χ2n) is 4.05. The molecule has 0 aromatic heterocycles. The Morgan fingerprint density at radius 3 is 2.21 bits per heavy atom. The molecule has 19 heavy (non-hydrogen) atoms. The van der Waals surface area contributed by atoms with Gasteiger partial charge in [-0.1, -0.05) is 34.1 Å². The number of nitrogens with one attached hydrogen (secondary N) is 1. The van der Waals surface area contributed by atoms with Crippen LogP contribution in [0.15, 0.2) is 46.9 Å². The highest BCUT2D eigenvalue weighted by Crippen LogP contribution is 2.26. The van der Waals surface area contributed by atoms with Crippen molar-refractivity contribution in [3.05, 3.63) is 52.5 Å². The van der Waals surface area contributed by atoms with E-state index in [0.29, 0.717) is 0 Å². The fourth-order valence-corrected chi connectivity index (χ4v) is 2.17. The number of anilines is 1. The van der Waals surface area contributed by atoms with Gasteiger partial charge in [-0.3, -0.25) is 0 Å². The molecule has 0 heterocycles. The SMILES string of the molecule is COc1cc(NCc2ccccc2Br)cc(OC)c1. The lowest BCUT2D eigenvalue weighted by Crippen LogP contribution is -2.01. The minimum absolute atomic E-state index is 0.734. The zero-order chi connectivity index (χ0) is 13.7. The smallest absolute Gasteiger partial charge is 0.124 e. The topological polar surface area (TPSA) is 30.5 Å². The van der Waals surface area contributed by atoms with E-state index >= 15 is 0 Å². The maximum Gasteiger partial charge on any atom is 0.124 e. The van der Waals surface area contributed by atoms with Gasteiger partial charge < -0.3 is 14.8 Å². The van der Waals surface area contributed by atoms with Gasteiger partial charge in [0.25, 0.3) is 0 Å². The summed E-state index contributed by atoms with van der Waals surface area (Å²) in [4.78, 5) is 0. The van der Waals surface area contributed by atoms with Gasteiger partial charge in [-0.2, -0.15) is 0 Å². The number of ether oxygens (including phenoxy) is 2. The van der Waals surface area contributed by atoms with Crippen molar-refractivity contribution < 1.29 is 9.47 Å². The first-order valence-corrected chi connectivity index (χ1v) is 6.72. The van der Waals surface area contributed by atoms with Crippen LogP contribution < -0.4 is 14.8 Å². The second-order valence-corrected chi connectivity index (χ2v) is 4.90. The molecule has 0 atom stereocenters. The highest BCUT2D eigenvalue weighted by atomic mass is 79.9. The molecule has 100 valence electrons. The Labute approximate surface area is 121 Å². The average Bonchev–Trinajstić information content (AvgIpc) is 2.46. The second kappa shape index (κ2) is 6.48. The summed E-state index contributed by atoms with van der Waals surface area (Å²) in [6.45, 7) is 0.734. The first-order chi connectivity index (χ1) is 9.22. The molecule has 4 heteroatoms. The van der Waals surface area contributed by atoms with Gasteiger partial charge in [0.1, 0.15) is 11.5 Å². The van der Waals surface area contributed by atoms with Crippen molar-refractivity contribution in [3.63, 3.8) is 0 Å². The fraction of sp³-hybridized carbons (Fsp3) is 0.200. The molecule has 2 rings (SSSR count). The summed E-state index contributed by atoms with van der Waals surface area (Å²) in [6.07, 6.45) is 0.